The van der Waals surface area contributed by atoms with E-state index in [9.17, 15) is 13.2 Å². The van der Waals surface area contributed by atoms with Crippen LogP contribution in [0.3, 0.4) is 0 Å². The Labute approximate surface area is 128 Å². The van der Waals surface area contributed by atoms with Gasteiger partial charge in [0.2, 0.25) is 10.0 Å². The standard InChI is InChI=1S/C13H18N2O4S2/c1-8-7-20-11(13(16)19-2)12(8)21(17,18)15-5-9-3-14-4-10(9)6-15/h7,9-10,14H,3-6H2,1-2H3/t9-,10+. The largest absolute Gasteiger partial charge is 0.465 e. The molecule has 2 atom stereocenters. The monoisotopic (exact) mass is 330 g/mol. The molecule has 1 aromatic heterocycles. The smallest absolute Gasteiger partial charge is 0.349 e. The van der Waals surface area contributed by atoms with Gasteiger partial charge in [0, 0.05) is 13.1 Å². The molecule has 0 aromatic carbocycles. The van der Waals surface area contributed by atoms with Crippen molar-refractivity contribution in [3.05, 3.63) is 15.8 Å². The average molecular weight is 330 g/mol. The first-order chi connectivity index (χ1) is 9.95. The fourth-order valence-corrected chi connectivity index (χ4v) is 6.34. The van der Waals surface area contributed by atoms with Gasteiger partial charge in [-0.1, -0.05) is 0 Å². The number of nitrogens with one attached hydrogen (secondary N) is 1. The molecule has 2 aliphatic heterocycles. The lowest BCUT2D eigenvalue weighted by Gasteiger charge is -2.18. The quantitative estimate of drug-likeness (QED) is 0.825. The van der Waals surface area contributed by atoms with E-state index in [1.165, 1.54) is 11.4 Å². The Kier molecular flexibility index (Phi) is 3.81. The number of esters is 1. The van der Waals surface area contributed by atoms with E-state index in [-0.39, 0.29) is 9.77 Å². The summed E-state index contributed by atoms with van der Waals surface area (Å²) in [6.45, 7) is 4.49. The van der Waals surface area contributed by atoms with Crippen LogP contribution in [-0.4, -0.2) is 52.0 Å². The summed E-state index contributed by atoms with van der Waals surface area (Å²) in [5.74, 6) is 0.160. The molecule has 21 heavy (non-hydrogen) atoms. The van der Waals surface area contributed by atoms with Gasteiger partial charge in [-0.25, -0.2) is 13.2 Å². The van der Waals surface area contributed by atoms with Crippen LogP contribution in [0.5, 0.6) is 0 Å². The van der Waals surface area contributed by atoms with E-state index in [2.05, 4.69) is 5.32 Å². The van der Waals surface area contributed by atoms with Crippen LogP contribution < -0.4 is 5.32 Å². The van der Waals surface area contributed by atoms with Crippen molar-refractivity contribution in [2.24, 2.45) is 11.8 Å². The van der Waals surface area contributed by atoms with Crippen LogP contribution in [0.4, 0.5) is 0 Å². The van der Waals surface area contributed by atoms with Crippen LogP contribution >= 0.6 is 11.3 Å². The van der Waals surface area contributed by atoms with E-state index in [1.807, 2.05) is 0 Å². The van der Waals surface area contributed by atoms with Gasteiger partial charge in [-0.3, -0.25) is 0 Å². The first-order valence-electron chi connectivity index (χ1n) is 6.82. The summed E-state index contributed by atoms with van der Waals surface area (Å²) in [7, 11) is -2.38. The number of carbonyl (C=O) groups excluding carboxylic acids is 1. The van der Waals surface area contributed by atoms with E-state index in [0.717, 1.165) is 24.4 Å². The van der Waals surface area contributed by atoms with E-state index in [0.29, 0.717) is 30.5 Å². The number of ether oxygens (including phenoxy) is 1. The first kappa shape index (κ1) is 15.0. The Morgan fingerprint density at radius 1 is 1.38 bits per heavy atom. The minimum Gasteiger partial charge on any atom is -0.465 e. The molecule has 3 heterocycles. The van der Waals surface area contributed by atoms with Gasteiger partial charge in [0.1, 0.15) is 9.77 Å². The number of rotatable bonds is 3. The molecule has 0 radical (unpaired) electrons. The second-order valence-electron chi connectivity index (χ2n) is 5.57. The number of thiophene rings is 1. The number of fused-ring (bicyclic) bond motifs is 1. The van der Waals surface area contributed by atoms with Gasteiger partial charge in [-0.15, -0.1) is 11.3 Å². The maximum absolute atomic E-state index is 12.9. The van der Waals surface area contributed by atoms with Crippen molar-refractivity contribution < 1.29 is 17.9 Å². The Hall–Kier alpha value is -0.960. The minimum absolute atomic E-state index is 0.118. The SMILES string of the molecule is COC(=O)c1scc(C)c1S(=O)(=O)N1C[C@H]2CNC[C@H]2C1. The molecule has 0 unspecified atom stereocenters. The zero-order valence-electron chi connectivity index (χ0n) is 12.0. The van der Waals surface area contributed by atoms with Crippen molar-refractivity contribution >= 4 is 27.3 Å². The highest BCUT2D eigenvalue weighted by Gasteiger charge is 2.43. The van der Waals surface area contributed by atoms with Gasteiger partial charge in [-0.05, 0) is 42.8 Å². The molecule has 2 aliphatic rings. The zero-order valence-corrected chi connectivity index (χ0v) is 13.6. The summed E-state index contributed by atoms with van der Waals surface area (Å²) in [5, 5.41) is 4.98. The molecule has 1 N–H and O–H groups in total. The summed E-state index contributed by atoms with van der Waals surface area (Å²) in [5.41, 5.74) is 0.607. The van der Waals surface area contributed by atoms with Crippen molar-refractivity contribution in [1.29, 1.82) is 0 Å². The second-order valence-corrected chi connectivity index (χ2v) is 8.32. The van der Waals surface area contributed by atoms with Crippen molar-refractivity contribution in [2.45, 2.75) is 11.8 Å². The number of methoxy groups -OCH3 is 1. The third kappa shape index (κ3) is 2.40. The highest BCUT2D eigenvalue weighted by Crippen LogP contribution is 2.35. The molecule has 2 fully saturated rings. The molecule has 3 rings (SSSR count). The number of hydrogen-bond acceptors (Lipinski definition) is 6. The molecular weight excluding hydrogens is 312 g/mol. The summed E-state index contributed by atoms with van der Waals surface area (Å²) in [6, 6.07) is 0. The second kappa shape index (κ2) is 5.35. The average Bonchev–Trinajstić information content (AvgIpc) is 3.10. The molecule has 8 heteroatoms. The van der Waals surface area contributed by atoms with Crippen LogP contribution in [0.25, 0.3) is 0 Å². The number of nitrogens with zero attached hydrogens (tertiary/aromatic N) is 1. The molecule has 0 aliphatic carbocycles. The highest BCUT2D eigenvalue weighted by atomic mass is 32.2. The van der Waals surface area contributed by atoms with Gasteiger partial charge in [0.25, 0.3) is 0 Å². The van der Waals surface area contributed by atoms with Gasteiger partial charge in [0.15, 0.2) is 0 Å². The third-order valence-corrected chi connectivity index (χ3v) is 7.47. The van der Waals surface area contributed by atoms with Crippen LogP contribution in [0, 0.1) is 18.8 Å². The molecule has 0 saturated carbocycles. The Morgan fingerprint density at radius 3 is 2.57 bits per heavy atom. The predicted octanol–water partition coefficient (Wildman–Crippen LogP) is 0.683. The van der Waals surface area contributed by atoms with E-state index >= 15 is 0 Å². The minimum atomic E-state index is -3.64. The lowest BCUT2D eigenvalue weighted by molar-refractivity contribution is 0.0602. The predicted molar refractivity (Wildman–Crippen MR) is 79.0 cm³/mol. The summed E-state index contributed by atoms with van der Waals surface area (Å²) < 4.78 is 32.0. The molecule has 0 bridgehead atoms. The molecule has 116 valence electrons. The van der Waals surface area contributed by atoms with Crippen LogP contribution in [0.1, 0.15) is 15.2 Å². The Bertz CT molecular complexity index is 656. The van der Waals surface area contributed by atoms with Crippen molar-refractivity contribution in [3.8, 4) is 0 Å². The molecule has 1 aromatic rings. The lowest BCUT2D eigenvalue weighted by atomic mass is 10.0. The van der Waals surface area contributed by atoms with Gasteiger partial charge in [-0.2, -0.15) is 4.31 Å². The fraction of sp³-hybridized carbons (Fsp3) is 0.615. The van der Waals surface area contributed by atoms with Gasteiger partial charge >= 0.3 is 5.97 Å². The normalized spacial score (nSPS) is 26.0. The molecule has 0 spiro atoms. The van der Waals surface area contributed by atoms with Crippen molar-refractivity contribution in [1.82, 2.24) is 9.62 Å². The first-order valence-corrected chi connectivity index (χ1v) is 9.14. The van der Waals surface area contributed by atoms with E-state index < -0.39 is 16.0 Å². The van der Waals surface area contributed by atoms with Gasteiger partial charge < -0.3 is 10.1 Å². The van der Waals surface area contributed by atoms with E-state index in [1.54, 1.807) is 12.3 Å². The van der Waals surface area contributed by atoms with Crippen molar-refractivity contribution in [3.63, 3.8) is 0 Å². The van der Waals surface area contributed by atoms with Gasteiger partial charge in [0.05, 0.1) is 7.11 Å². The number of carbonyl (C=O) groups is 1. The van der Waals surface area contributed by atoms with E-state index in [4.69, 9.17) is 4.74 Å². The third-order valence-electron chi connectivity index (χ3n) is 4.24. The molecule has 2 saturated heterocycles. The lowest BCUT2D eigenvalue weighted by Crippen LogP contribution is -2.32. The Balaban J connectivity index is 1.96. The molecule has 6 nitrogen and oxygen atoms in total. The molecular formula is C13H18N2O4S2. The van der Waals surface area contributed by atoms with Crippen molar-refractivity contribution in [2.75, 3.05) is 33.3 Å². The number of aryl methyl sites for hydroxylation is 1. The highest BCUT2D eigenvalue weighted by molar-refractivity contribution is 7.89. The topological polar surface area (TPSA) is 75.7 Å². The number of hydrogen-bond donors (Lipinski definition) is 1. The zero-order chi connectivity index (χ0) is 15.2. The maximum Gasteiger partial charge on any atom is 0.349 e. The maximum atomic E-state index is 12.9. The van der Waals surface area contributed by atoms with Crippen LogP contribution in [0.15, 0.2) is 10.3 Å². The summed E-state index contributed by atoms with van der Waals surface area (Å²) in [6.07, 6.45) is 0. The van der Waals surface area contributed by atoms with Crippen LogP contribution in [0.2, 0.25) is 0 Å². The Morgan fingerprint density at radius 2 is 2.00 bits per heavy atom. The fourth-order valence-electron chi connectivity index (χ4n) is 3.13. The summed E-state index contributed by atoms with van der Waals surface area (Å²) >= 11 is 1.12. The van der Waals surface area contributed by atoms with Crippen LogP contribution in [-0.2, 0) is 14.8 Å². The summed E-state index contributed by atoms with van der Waals surface area (Å²) in [4.78, 5) is 12.1. The number of sulfonamides is 1. The molecule has 0 amide bonds.